The van der Waals surface area contributed by atoms with Crippen LogP contribution in [0.5, 0.6) is 0 Å². The number of thiophene rings is 1. The maximum Gasteiger partial charge on any atom is 0.305 e. The average Bonchev–Trinajstić information content (AvgIpc) is 3.22. The van der Waals surface area contributed by atoms with E-state index in [2.05, 4.69) is 62.9 Å². The van der Waals surface area contributed by atoms with Gasteiger partial charge in [-0.2, -0.15) is 0 Å². The maximum atomic E-state index is 11.4. The minimum atomic E-state index is -0.0859. The van der Waals surface area contributed by atoms with Crippen LogP contribution in [0, 0.1) is 18.8 Å². The van der Waals surface area contributed by atoms with E-state index in [0.717, 1.165) is 43.4 Å². The Hall–Kier alpha value is -1.70. The van der Waals surface area contributed by atoms with Gasteiger partial charge in [-0.3, -0.25) is 4.79 Å². The Kier molecular flexibility index (Phi) is 8.69. The van der Waals surface area contributed by atoms with Gasteiger partial charge in [-0.1, -0.05) is 37.8 Å². The average molecular weight is 455 g/mol. The third kappa shape index (κ3) is 6.18. The molecule has 1 atom stereocenters. The summed E-state index contributed by atoms with van der Waals surface area (Å²) < 4.78 is 4.99. The van der Waals surface area contributed by atoms with Crippen molar-refractivity contribution >= 4 is 29.1 Å². The molecule has 2 nitrogen and oxygen atoms in total. The number of benzene rings is 1. The summed E-state index contributed by atoms with van der Waals surface area (Å²) in [5.74, 6) is 6.97. The number of thioether (sulfide) groups is 1. The summed E-state index contributed by atoms with van der Waals surface area (Å²) in [6.07, 6.45) is 6.86. The highest BCUT2D eigenvalue weighted by atomic mass is 32.2. The van der Waals surface area contributed by atoms with E-state index in [1.165, 1.54) is 20.9 Å². The Balaban J connectivity index is 1.63. The van der Waals surface area contributed by atoms with Crippen molar-refractivity contribution in [3.05, 3.63) is 51.2 Å². The molecule has 3 rings (SSSR count). The first kappa shape index (κ1) is 24.0. The Labute approximate surface area is 196 Å². The molecule has 166 valence electrons. The number of hydrogen-bond acceptors (Lipinski definition) is 4. The molecule has 2 heterocycles. The molecule has 0 saturated carbocycles. The molecule has 0 radical (unpaired) electrons. The molecular formula is C27H34O2S2. The Morgan fingerprint density at radius 2 is 1.97 bits per heavy atom. The van der Waals surface area contributed by atoms with E-state index in [-0.39, 0.29) is 11.4 Å². The molecule has 0 aliphatic carbocycles. The van der Waals surface area contributed by atoms with Crippen molar-refractivity contribution in [3.8, 4) is 11.8 Å². The summed E-state index contributed by atoms with van der Waals surface area (Å²) in [6.45, 7) is 9.13. The lowest BCUT2D eigenvalue weighted by atomic mass is 9.72. The molecule has 0 bridgehead atoms. The minimum Gasteiger partial charge on any atom is -0.466 e. The SMILES string of the molecule is CCOC(=O)CCCCc1ccc(C#CC2CC(CC)(CC)c3ccc(C)cc3S2)s1. The van der Waals surface area contributed by atoms with Gasteiger partial charge in [0.2, 0.25) is 0 Å². The predicted molar refractivity (Wildman–Crippen MR) is 133 cm³/mol. The van der Waals surface area contributed by atoms with Gasteiger partial charge in [0.1, 0.15) is 0 Å². The second-order valence-electron chi connectivity index (χ2n) is 8.35. The van der Waals surface area contributed by atoms with Crippen molar-refractivity contribution in [3.63, 3.8) is 0 Å². The second-order valence-corrected chi connectivity index (χ2v) is 10.8. The van der Waals surface area contributed by atoms with E-state index in [1.807, 2.05) is 18.7 Å². The summed E-state index contributed by atoms with van der Waals surface area (Å²) in [4.78, 5) is 15.4. The molecule has 2 aromatic rings. The highest BCUT2D eigenvalue weighted by molar-refractivity contribution is 8.00. The predicted octanol–water partition coefficient (Wildman–Crippen LogP) is 7.31. The molecule has 1 aliphatic heterocycles. The first-order valence-corrected chi connectivity index (χ1v) is 13.2. The molecule has 1 unspecified atom stereocenters. The number of carbonyl (C=O) groups is 1. The van der Waals surface area contributed by atoms with Crippen molar-refractivity contribution in [1.82, 2.24) is 0 Å². The van der Waals surface area contributed by atoms with Crippen molar-refractivity contribution in [2.24, 2.45) is 0 Å². The van der Waals surface area contributed by atoms with E-state index in [4.69, 9.17) is 4.74 Å². The van der Waals surface area contributed by atoms with Crippen LogP contribution in [0.2, 0.25) is 0 Å². The largest absolute Gasteiger partial charge is 0.466 e. The monoisotopic (exact) mass is 454 g/mol. The molecule has 31 heavy (non-hydrogen) atoms. The zero-order valence-corrected chi connectivity index (χ0v) is 20.9. The fraction of sp³-hybridized carbons (Fsp3) is 0.519. The van der Waals surface area contributed by atoms with Crippen molar-refractivity contribution in [2.75, 3.05) is 6.61 Å². The van der Waals surface area contributed by atoms with Crippen molar-refractivity contribution in [1.29, 1.82) is 0 Å². The number of esters is 1. The lowest BCUT2D eigenvalue weighted by Crippen LogP contribution is -2.32. The lowest BCUT2D eigenvalue weighted by molar-refractivity contribution is -0.143. The van der Waals surface area contributed by atoms with Crippen LogP contribution in [0.3, 0.4) is 0 Å². The quantitative estimate of drug-likeness (QED) is 0.238. The van der Waals surface area contributed by atoms with Gasteiger partial charge in [0.15, 0.2) is 0 Å². The third-order valence-corrected chi connectivity index (χ3v) is 8.51. The zero-order chi connectivity index (χ0) is 22.3. The highest BCUT2D eigenvalue weighted by Gasteiger charge is 2.37. The van der Waals surface area contributed by atoms with Crippen LogP contribution in [-0.4, -0.2) is 17.8 Å². The number of aryl methyl sites for hydroxylation is 2. The first-order valence-electron chi connectivity index (χ1n) is 11.5. The molecule has 0 N–H and O–H groups in total. The number of rotatable bonds is 8. The second kappa shape index (κ2) is 11.2. The molecule has 0 spiro atoms. The number of carbonyl (C=O) groups excluding carboxylic acids is 1. The molecule has 0 amide bonds. The van der Waals surface area contributed by atoms with Gasteiger partial charge in [0.25, 0.3) is 0 Å². The third-order valence-electron chi connectivity index (χ3n) is 6.28. The topological polar surface area (TPSA) is 26.3 Å². The van der Waals surface area contributed by atoms with E-state index in [0.29, 0.717) is 18.3 Å². The molecule has 0 saturated heterocycles. The van der Waals surface area contributed by atoms with Gasteiger partial charge in [-0.05, 0) is 87.1 Å². The van der Waals surface area contributed by atoms with Crippen LogP contribution >= 0.6 is 23.1 Å². The van der Waals surface area contributed by atoms with Gasteiger partial charge < -0.3 is 4.74 Å². The fourth-order valence-corrected chi connectivity index (χ4v) is 6.76. The van der Waals surface area contributed by atoms with Crippen LogP contribution in [0.4, 0.5) is 0 Å². The van der Waals surface area contributed by atoms with Gasteiger partial charge in [0, 0.05) is 16.2 Å². The van der Waals surface area contributed by atoms with Crippen LogP contribution in [0.15, 0.2) is 35.2 Å². The normalized spacial score (nSPS) is 16.8. The van der Waals surface area contributed by atoms with Crippen LogP contribution in [-0.2, 0) is 21.4 Å². The number of ether oxygens (including phenoxy) is 1. The molecule has 1 aliphatic rings. The summed E-state index contributed by atoms with van der Waals surface area (Å²) >= 11 is 3.73. The molecule has 1 aromatic carbocycles. The van der Waals surface area contributed by atoms with Crippen LogP contribution in [0.25, 0.3) is 0 Å². The maximum absolute atomic E-state index is 11.4. The summed E-state index contributed by atoms with van der Waals surface area (Å²) in [6, 6.07) is 11.3. The molecular weight excluding hydrogens is 420 g/mol. The fourth-order valence-electron chi connectivity index (χ4n) is 4.36. The summed E-state index contributed by atoms with van der Waals surface area (Å²) in [5, 5.41) is 0.337. The van der Waals surface area contributed by atoms with Gasteiger partial charge >= 0.3 is 5.97 Å². The zero-order valence-electron chi connectivity index (χ0n) is 19.3. The standard InChI is InChI=1S/C27H34O2S2/c1-5-27(6-2)19-23(31-25-18-20(4)12-17-24(25)27)16-15-22-14-13-21(30-22)10-8-9-11-26(28)29-7-3/h12-14,17-18,23H,5-11,19H2,1-4H3. The Bertz CT molecular complexity index is 944. The van der Waals surface area contributed by atoms with Crippen molar-refractivity contribution < 1.29 is 9.53 Å². The number of fused-ring (bicyclic) bond motifs is 1. The lowest BCUT2D eigenvalue weighted by Gasteiger charge is -2.40. The van der Waals surface area contributed by atoms with Gasteiger partial charge in [-0.25, -0.2) is 0 Å². The van der Waals surface area contributed by atoms with Crippen LogP contribution in [0.1, 0.15) is 80.2 Å². The Morgan fingerprint density at radius 1 is 1.16 bits per heavy atom. The van der Waals surface area contributed by atoms with E-state index < -0.39 is 0 Å². The first-order chi connectivity index (χ1) is 15.0. The molecule has 4 heteroatoms. The summed E-state index contributed by atoms with van der Waals surface area (Å²) in [7, 11) is 0. The molecule has 0 fully saturated rings. The van der Waals surface area contributed by atoms with Crippen LogP contribution < -0.4 is 0 Å². The van der Waals surface area contributed by atoms with E-state index in [1.54, 1.807) is 11.3 Å². The van der Waals surface area contributed by atoms with Crippen molar-refractivity contribution in [2.45, 2.75) is 88.2 Å². The van der Waals surface area contributed by atoms with Gasteiger partial charge in [0.05, 0.1) is 16.7 Å². The Morgan fingerprint density at radius 3 is 2.71 bits per heavy atom. The summed E-state index contributed by atoms with van der Waals surface area (Å²) in [5.41, 5.74) is 3.09. The van der Waals surface area contributed by atoms with Gasteiger partial charge in [-0.15, -0.1) is 23.1 Å². The van der Waals surface area contributed by atoms with E-state index >= 15 is 0 Å². The number of unbranched alkanes of at least 4 members (excludes halogenated alkanes) is 1. The molecule has 1 aromatic heterocycles. The van der Waals surface area contributed by atoms with E-state index in [9.17, 15) is 4.79 Å². The highest BCUT2D eigenvalue weighted by Crippen LogP contribution is 2.49. The number of hydrogen-bond donors (Lipinski definition) is 0. The smallest absolute Gasteiger partial charge is 0.305 e. The minimum absolute atomic E-state index is 0.0859.